The van der Waals surface area contributed by atoms with Crippen molar-refractivity contribution in [3.8, 4) is 5.75 Å². The number of aromatic nitrogens is 2. The van der Waals surface area contributed by atoms with E-state index in [1.807, 2.05) is 18.2 Å². The molecule has 1 atom stereocenters. The highest BCUT2D eigenvalue weighted by Gasteiger charge is 2.24. The molecular formula is C16H20N4O3. The van der Waals surface area contributed by atoms with Gasteiger partial charge in [0.15, 0.2) is 0 Å². The molecular weight excluding hydrogens is 296 g/mol. The summed E-state index contributed by atoms with van der Waals surface area (Å²) < 4.78 is 10.9. The maximum atomic E-state index is 11.0. The lowest BCUT2D eigenvalue weighted by Gasteiger charge is -2.16. The van der Waals surface area contributed by atoms with Gasteiger partial charge < -0.3 is 14.6 Å². The van der Waals surface area contributed by atoms with E-state index in [4.69, 9.17) is 9.26 Å². The Bertz CT molecular complexity index is 645. The smallest absolute Gasteiger partial charge is 0.217 e. The van der Waals surface area contributed by atoms with Gasteiger partial charge >= 0.3 is 0 Å². The molecule has 7 heteroatoms. The number of carbonyl (C=O) groups excluding carboxylic acids is 1. The van der Waals surface area contributed by atoms with Crippen molar-refractivity contribution in [3.63, 3.8) is 0 Å². The van der Waals surface area contributed by atoms with Crippen molar-refractivity contribution in [2.24, 2.45) is 0 Å². The van der Waals surface area contributed by atoms with Gasteiger partial charge in [0.2, 0.25) is 5.91 Å². The van der Waals surface area contributed by atoms with Crippen LogP contribution in [0.2, 0.25) is 0 Å². The molecule has 1 unspecified atom stereocenters. The van der Waals surface area contributed by atoms with Gasteiger partial charge in [-0.25, -0.2) is 0 Å². The Hall–Kier alpha value is -2.41. The van der Waals surface area contributed by atoms with Crippen molar-refractivity contribution in [2.75, 3.05) is 13.1 Å². The van der Waals surface area contributed by atoms with Crippen LogP contribution in [0, 0.1) is 0 Å². The molecule has 1 amide bonds. The van der Waals surface area contributed by atoms with E-state index >= 15 is 0 Å². The van der Waals surface area contributed by atoms with E-state index in [2.05, 4.69) is 20.4 Å². The Kier molecular flexibility index (Phi) is 4.87. The van der Waals surface area contributed by atoms with Gasteiger partial charge in [-0.3, -0.25) is 14.7 Å². The highest BCUT2D eigenvalue weighted by molar-refractivity contribution is 5.72. The molecule has 1 aliphatic rings. The first-order chi connectivity index (χ1) is 11.2. The summed E-state index contributed by atoms with van der Waals surface area (Å²) in [5.41, 5.74) is 1.72. The number of nitrogens with zero attached hydrogens (tertiary/aromatic N) is 3. The van der Waals surface area contributed by atoms with Crippen molar-refractivity contribution < 1.29 is 14.1 Å². The lowest BCUT2D eigenvalue weighted by molar-refractivity contribution is -0.119. The summed E-state index contributed by atoms with van der Waals surface area (Å²) >= 11 is 0. The maximum absolute atomic E-state index is 11.0. The van der Waals surface area contributed by atoms with Crippen molar-refractivity contribution >= 4 is 5.91 Å². The molecule has 0 bridgehead atoms. The molecule has 0 aromatic carbocycles. The van der Waals surface area contributed by atoms with Crippen LogP contribution in [-0.2, 0) is 17.9 Å². The largest absolute Gasteiger partial charge is 0.489 e. The van der Waals surface area contributed by atoms with Gasteiger partial charge in [0.05, 0.1) is 17.9 Å². The first-order valence-corrected chi connectivity index (χ1v) is 7.66. The van der Waals surface area contributed by atoms with Gasteiger partial charge in [0, 0.05) is 44.9 Å². The van der Waals surface area contributed by atoms with Gasteiger partial charge in [-0.2, -0.15) is 0 Å². The van der Waals surface area contributed by atoms with Gasteiger partial charge in [-0.15, -0.1) is 0 Å². The van der Waals surface area contributed by atoms with E-state index in [0.717, 1.165) is 43.2 Å². The van der Waals surface area contributed by atoms with E-state index in [-0.39, 0.29) is 12.0 Å². The number of rotatable bonds is 6. The topological polar surface area (TPSA) is 80.5 Å². The zero-order valence-corrected chi connectivity index (χ0v) is 13.1. The third-order valence-electron chi connectivity index (χ3n) is 3.72. The summed E-state index contributed by atoms with van der Waals surface area (Å²) in [7, 11) is 0. The number of amides is 1. The average Bonchev–Trinajstić information content (AvgIpc) is 3.18. The molecule has 7 nitrogen and oxygen atoms in total. The molecule has 0 radical (unpaired) electrons. The predicted octanol–water partition coefficient (Wildman–Crippen LogP) is 1.36. The Morgan fingerprint density at radius 1 is 1.48 bits per heavy atom. The quantitative estimate of drug-likeness (QED) is 0.867. The highest BCUT2D eigenvalue weighted by atomic mass is 16.5. The second-order valence-electron chi connectivity index (χ2n) is 5.65. The lowest BCUT2D eigenvalue weighted by atomic mass is 10.3. The number of hydrogen-bond donors (Lipinski definition) is 1. The minimum absolute atomic E-state index is 0.0718. The first-order valence-electron chi connectivity index (χ1n) is 7.66. The summed E-state index contributed by atoms with van der Waals surface area (Å²) in [5, 5.41) is 6.67. The van der Waals surface area contributed by atoms with Crippen molar-refractivity contribution in [1.29, 1.82) is 0 Å². The summed E-state index contributed by atoms with van der Waals surface area (Å²) in [6.07, 6.45) is 4.42. The van der Waals surface area contributed by atoms with E-state index in [0.29, 0.717) is 6.54 Å². The molecule has 122 valence electrons. The molecule has 0 aliphatic carbocycles. The zero-order valence-electron chi connectivity index (χ0n) is 13.1. The highest BCUT2D eigenvalue weighted by Crippen LogP contribution is 2.20. The van der Waals surface area contributed by atoms with Gasteiger partial charge in [0.25, 0.3) is 0 Å². The van der Waals surface area contributed by atoms with E-state index in [1.54, 1.807) is 12.5 Å². The Labute approximate surface area is 134 Å². The molecule has 0 saturated carbocycles. The van der Waals surface area contributed by atoms with Gasteiger partial charge in [-0.05, 0) is 12.5 Å². The fourth-order valence-electron chi connectivity index (χ4n) is 2.62. The summed E-state index contributed by atoms with van der Waals surface area (Å²) in [6.45, 7) is 4.51. The van der Waals surface area contributed by atoms with E-state index < -0.39 is 0 Å². The van der Waals surface area contributed by atoms with Crippen molar-refractivity contribution in [3.05, 3.63) is 42.0 Å². The maximum Gasteiger partial charge on any atom is 0.217 e. The van der Waals surface area contributed by atoms with Gasteiger partial charge in [-0.1, -0.05) is 5.16 Å². The Balaban J connectivity index is 1.51. The summed E-state index contributed by atoms with van der Waals surface area (Å²) in [4.78, 5) is 17.5. The van der Waals surface area contributed by atoms with Crippen molar-refractivity contribution in [1.82, 2.24) is 20.4 Å². The van der Waals surface area contributed by atoms with Crippen LogP contribution in [0.15, 0.2) is 35.2 Å². The Morgan fingerprint density at radius 2 is 2.39 bits per heavy atom. The van der Waals surface area contributed by atoms with E-state index in [9.17, 15) is 4.79 Å². The molecule has 1 aliphatic heterocycles. The molecule has 3 heterocycles. The van der Waals surface area contributed by atoms with Crippen LogP contribution in [0.3, 0.4) is 0 Å². The van der Waals surface area contributed by atoms with E-state index in [1.165, 1.54) is 6.92 Å². The van der Waals surface area contributed by atoms with Crippen LogP contribution in [0.1, 0.15) is 24.7 Å². The minimum atomic E-state index is -0.0718. The fraction of sp³-hybridized carbons (Fsp3) is 0.438. The van der Waals surface area contributed by atoms with Crippen LogP contribution < -0.4 is 10.1 Å². The molecule has 0 spiro atoms. The zero-order chi connectivity index (χ0) is 16.1. The monoisotopic (exact) mass is 316 g/mol. The summed E-state index contributed by atoms with van der Waals surface area (Å²) in [6, 6.07) is 5.60. The predicted molar refractivity (Wildman–Crippen MR) is 82.6 cm³/mol. The average molecular weight is 316 g/mol. The van der Waals surface area contributed by atoms with Crippen LogP contribution >= 0.6 is 0 Å². The lowest BCUT2D eigenvalue weighted by Crippen LogP contribution is -2.24. The third-order valence-corrected chi connectivity index (χ3v) is 3.72. The number of nitrogens with one attached hydrogen (secondary N) is 1. The first kappa shape index (κ1) is 15.5. The number of ether oxygens (including phenoxy) is 1. The number of pyridine rings is 1. The van der Waals surface area contributed by atoms with Crippen LogP contribution in [0.25, 0.3) is 0 Å². The normalized spacial score (nSPS) is 18.0. The second kappa shape index (κ2) is 7.23. The SMILES string of the molecule is CC(=O)NCc1cc(OC2CCN(Cc3ccon3)C2)ccn1. The molecule has 2 aromatic rings. The second-order valence-corrected chi connectivity index (χ2v) is 5.65. The third kappa shape index (κ3) is 4.53. The molecule has 1 saturated heterocycles. The number of hydrogen-bond acceptors (Lipinski definition) is 6. The molecule has 2 aromatic heterocycles. The standard InChI is InChI=1S/C16H20N4O3/c1-12(21)18-9-14-8-15(2-5-17-14)23-16-3-6-20(11-16)10-13-4-7-22-19-13/h2,4-5,7-8,16H,3,6,9-11H2,1H3,(H,18,21). The van der Waals surface area contributed by atoms with Crippen molar-refractivity contribution in [2.45, 2.75) is 32.5 Å². The molecule has 3 rings (SSSR count). The van der Waals surface area contributed by atoms with Gasteiger partial charge in [0.1, 0.15) is 18.1 Å². The molecule has 1 fully saturated rings. The minimum Gasteiger partial charge on any atom is -0.489 e. The summed E-state index contributed by atoms with van der Waals surface area (Å²) in [5.74, 6) is 0.714. The molecule has 1 N–H and O–H groups in total. The number of likely N-dealkylation sites (tertiary alicyclic amines) is 1. The van der Waals surface area contributed by atoms with Crippen LogP contribution in [0.4, 0.5) is 0 Å². The Morgan fingerprint density at radius 3 is 3.17 bits per heavy atom. The molecule has 23 heavy (non-hydrogen) atoms. The van der Waals surface area contributed by atoms with Crippen LogP contribution in [0.5, 0.6) is 5.75 Å². The number of carbonyl (C=O) groups is 1. The van der Waals surface area contributed by atoms with Crippen LogP contribution in [-0.4, -0.2) is 40.1 Å². The fourth-order valence-corrected chi connectivity index (χ4v) is 2.62.